The van der Waals surface area contributed by atoms with Gasteiger partial charge >= 0.3 is 0 Å². The first-order chi connectivity index (χ1) is 16.5. The molecule has 0 N–H and O–H groups in total. The normalized spacial score (nSPS) is 18.3. The van der Waals surface area contributed by atoms with Gasteiger partial charge in [0.05, 0.1) is 0 Å². The molecule has 3 heteroatoms. The van der Waals surface area contributed by atoms with Gasteiger partial charge in [-0.2, -0.15) is 0 Å². The third kappa shape index (κ3) is 5.40. The Balaban J connectivity index is 1.45. The molecule has 1 saturated carbocycles. The molecule has 3 aromatic rings. The van der Waals surface area contributed by atoms with Gasteiger partial charge in [-0.05, 0) is 90.7 Å². The molecule has 1 fully saturated rings. The van der Waals surface area contributed by atoms with Gasteiger partial charge < -0.3 is 0 Å². The number of hydrogen-bond donors (Lipinski definition) is 0. The van der Waals surface area contributed by atoms with Gasteiger partial charge in [0.15, 0.2) is 11.6 Å². The average molecular weight is 465 g/mol. The predicted octanol–water partition coefficient (Wildman–Crippen LogP) is 9.51. The summed E-state index contributed by atoms with van der Waals surface area (Å²) >= 11 is 0. The van der Waals surface area contributed by atoms with Crippen LogP contribution in [0.3, 0.4) is 0 Å². The first-order valence-electron chi connectivity index (χ1n) is 12.9. The highest BCUT2D eigenvalue weighted by molar-refractivity contribution is 5.65. The van der Waals surface area contributed by atoms with Crippen LogP contribution in [-0.2, 0) is 12.8 Å². The Morgan fingerprint density at radius 2 is 1.26 bits per heavy atom. The second-order valence-corrected chi connectivity index (χ2v) is 9.79. The van der Waals surface area contributed by atoms with Crippen molar-refractivity contribution in [2.24, 2.45) is 0 Å². The van der Waals surface area contributed by atoms with Crippen molar-refractivity contribution < 1.29 is 13.2 Å². The maximum absolute atomic E-state index is 15.1. The molecule has 0 spiro atoms. The van der Waals surface area contributed by atoms with Gasteiger partial charge in [0.1, 0.15) is 5.82 Å². The van der Waals surface area contributed by atoms with Crippen LogP contribution in [-0.4, -0.2) is 0 Å². The van der Waals surface area contributed by atoms with E-state index in [4.69, 9.17) is 0 Å². The van der Waals surface area contributed by atoms with E-state index in [2.05, 4.69) is 13.8 Å². The topological polar surface area (TPSA) is 0 Å². The second kappa shape index (κ2) is 11.3. The summed E-state index contributed by atoms with van der Waals surface area (Å²) < 4.78 is 44.9. The molecule has 0 amide bonds. The zero-order valence-electron chi connectivity index (χ0n) is 20.3. The maximum atomic E-state index is 15.1. The van der Waals surface area contributed by atoms with Crippen molar-refractivity contribution in [2.75, 3.05) is 0 Å². The SMILES string of the molecule is CCCCc1ccc(C2CCC(c3ccc(-c4ccc(CCC)cc4)c(F)c3F)CC2)c(F)c1. The number of halogens is 3. The molecule has 180 valence electrons. The van der Waals surface area contributed by atoms with Crippen LogP contribution in [0.2, 0.25) is 0 Å². The zero-order valence-corrected chi connectivity index (χ0v) is 20.3. The third-order valence-corrected chi connectivity index (χ3v) is 7.41. The molecule has 0 radical (unpaired) electrons. The van der Waals surface area contributed by atoms with Gasteiger partial charge in [-0.25, -0.2) is 13.2 Å². The van der Waals surface area contributed by atoms with Gasteiger partial charge in [-0.3, -0.25) is 0 Å². The number of rotatable bonds is 8. The molecular formula is C31H35F3. The third-order valence-electron chi connectivity index (χ3n) is 7.41. The highest BCUT2D eigenvalue weighted by Crippen LogP contribution is 2.43. The molecule has 0 nitrogen and oxygen atoms in total. The van der Waals surface area contributed by atoms with E-state index < -0.39 is 11.6 Å². The van der Waals surface area contributed by atoms with Crippen LogP contribution < -0.4 is 0 Å². The molecule has 0 heterocycles. The summed E-state index contributed by atoms with van der Waals surface area (Å²) in [5.74, 6) is -1.51. The number of benzene rings is 3. The second-order valence-electron chi connectivity index (χ2n) is 9.79. The fourth-order valence-corrected chi connectivity index (χ4v) is 5.40. The average Bonchev–Trinajstić information content (AvgIpc) is 2.85. The number of hydrogen-bond acceptors (Lipinski definition) is 0. The minimum atomic E-state index is -0.767. The van der Waals surface area contributed by atoms with Crippen molar-refractivity contribution >= 4 is 0 Å². The van der Waals surface area contributed by atoms with E-state index in [-0.39, 0.29) is 17.7 Å². The van der Waals surface area contributed by atoms with Crippen LogP contribution in [0.5, 0.6) is 0 Å². The largest absolute Gasteiger partial charge is 0.207 e. The molecule has 0 atom stereocenters. The lowest BCUT2D eigenvalue weighted by Crippen LogP contribution is -2.15. The molecule has 0 aromatic heterocycles. The Hall–Kier alpha value is -2.55. The Kier molecular flexibility index (Phi) is 8.13. The van der Waals surface area contributed by atoms with Gasteiger partial charge in [-0.15, -0.1) is 0 Å². The Labute approximate surface area is 202 Å². The van der Waals surface area contributed by atoms with E-state index in [1.807, 2.05) is 36.4 Å². The van der Waals surface area contributed by atoms with E-state index in [0.29, 0.717) is 16.7 Å². The van der Waals surface area contributed by atoms with Crippen LogP contribution in [0.1, 0.15) is 92.9 Å². The maximum Gasteiger partial charge on any atom is 0.166 e. The monoisotopic (exact) mass is 464 g/mol. The zero-order chi connectivity index (χ0) is 24.1. The minimum Gasteiger partial charge on any atom is -0.207 e. The Morgan fingerprint density at radius 3 is 1.88 bits per heavy atom. The van der Waals surface area contributed by atoms with Crippen molar-refractivity contribution in [3.63, 3.8) is 0 Å². The number of aryl methyl sites for hydroxylation is 2. The lowest BCUT2D eigenvalue weighted by Gasteiger charge is -2.30. The summed E-state index contributed by atoms with van der Waals surface area (Å²) in [4.78, 5) is 0. The molecule has 0 aliphatic heterocycles. The van der Waals surface area contributed by atoms with Crippen LogP contribution >= 0.6 is 0 Å². The summed E-state index contributed by atoms with van der Waals surface area (Å²) in [6.45, 7) is 4.26. The fourth-order valence-electron chi connectivity index (χ4n) is 5.40. The fraction of sp³-hybridized carbons (Fsp3) is 0.419. The molecule has 4 rings (SSSR count). The van der Waals surface area contributed by atoms with Crippen LogP contribution in [0.15, 0.2) is 54.6 Å². The highest BCUT2D eigenvalue weighted by atomic mass is 19.2. The van der Waals surface area contributed by atoms with E-state index >= 15 is 8.78 Å². The van der Waals surface area contributed by atoms with E-state index in [1.54, 1.807) is 18.2 Å². The molecule has 0 unspecified atom stereocenters. The molecule has 0 saturated heterocycles. The molecule has 3 aromatic carbocycles. The molecule has 0 bridgehead atoms. The van der Waals surface area contributed by atoms with Crippen molar-refractivity contribution in [2.45, 2.75) is 83.5 Å². The van der Waals surface area contributed by atoms with Gasteiger partial charge in [0, 0.05) is 5.56 Å². The summed E-state index contributed by atoms with van der Waals surface area (Å²) in [6.07, 6.45) is 8.15. The number of unbranched alkanes of at least 4 members (excludes halogenated alkanes) is 1. The standard InChI is InChI=1S/C31H35F3/c1-3-5-7-22-10-17-26(29(32)20-22)23-13-15-25(16-14-23)28-19-18-27(30(33)31(28)34)24-11-8-21(6-4-2)9-12-24/h8-12,17-20,23,25H,3-7,13-16H2,1-2H3. The lowest BCUT2D eigenvalue weighted by molar-refractivity contribution is 0.375. The molecule has 1 aliphatic carbocycles. The van der Waals surface area contributed by atoms with E-state index in [0.717, 1.165) is 68.9 Å². The molecule has 34 heavy (non-hydrogen) atoms. The van der Waals surface area contributed by atoms with Crippen LogP contribution in [0.4, 0.5) is 13.2 Å². The van der Waals surface area contributed by atoms with Gasteiger partial charge in [-0.1, -0.05) is 75.2 Å². The van der Waals surface area contributed by atoms with Crippen LogP contribution in [0, 0.1) is 17.5 Å². The van der Waals surface area contributed by atoms with E-state index in [1.165, 1.54) is 5.56 Å². The van der Waals surface area contributed by atoms with E-state index in [9.17, 15) is 4.39 Å². The minimum absolute atomic E-state index is 0.0291. The van der Waals surface area contributed by atoms with Crippen molar-refractivity contribution in [1.82, 2.24) is 0 Å². The van der Waals surface area contributed by atoms with Gasteiger partial charge in [0.2, 0.25) is 0 Å². The van der Waals surface area contributed by atoms with Crippen molar-refractivity contribution in [3.05, 3.63) is 94.3 Å². The Morgan fingerprint density at radius 1 is 0.647 bits per heavy atom. The first-order valence-corrected chi connectivity index (χ1v) is 12.9. The Bertz CT molecular complexity index is 1090. The summed E-state index contributed by atoms with van der Waals surface area (Å²) in [6, 6.07) is 16.8. The molecular weight excluding hydrogens is 429 g/mol. The van der Waals surface area contributed by atoms with Crippen LogP contribution in [0.25, 0.3) is 11.1 Å². The van der Waals surface area contributed by atoms with Gasteiger partial charge in [0.25, 0.3) is 0 Å². The quantitative estimate of drug-likeness (QED) is 0.311. The highest BCUT2D eigenvalue weighted by Gasteiger charge is 2.28. The first kappa shape index (κ1) is 24.6. The lowest BCUT2D eigenvalue weighted by atomic mass is 9.75. The summed E-state index contributed by atoms with van der Waals surface area (Å²) in [5, 5.41) is 0. The summed E-state index contributed by atoms with van der Waals surface area (Å²) in [7, 11) is 0. The van der Waals surface area contributed by atoms with Crippen molar-refractivity contribution in [1.29, 1.82) is 0 Å². The van der Waals surface area contributed by atoms with Crippen molar-refractivity contribution in [3.8, 4) is 11.1 Å². The summed E-state index contributed by atoms with van der Waals surface area (Å²) in [5.41, 5.74) is 4.49. The smallest absolute Gasteiger partial charge is 0.166 e. The molecule has 1 aliphatic rings. The predicted molar refractivity (Wildman–Crippen MR) is 135 cm³/mol.